The van der Waals surface area contributed by atoms with Crippen LogP contribution in [-0.2, 0) is 9.53 Å². The van der Waals surface area contributed by atoms with Gasteiger partial charge in [0.1, 0.15) is 0 Å². The van der Waals surface area contributed by atoms with Crippen LogP contribution in [0.15, 0.2) is 0 Å². The van der Waals surface area contributed by atoms with Crippen LogP contribution in [0.1, 0.15) is 12.8 Å². The molecule has 0 saturated carbocycles. The lowest BCUT2D eigenvalue weighted by Gasteiger charge is -2.21. The SMILES string of the molecule is O=C(NCC(O)CO)C1CCOCC1. The van der Waals surface area contributed by atoms with Crippen molar-refractivity contribution in [2.24, 2.45) is 5.92 Å². The van der Waals surface area contributed by atoms with Gasteiger partial charge in [-0.05, 0) is 12.8 Å². The third-order valence-corrected chi connectivity index (χ3v) is 2.31. The van der Waals surface area contributed by atoms with Crippen molar-refractivity contribution in [2.75, 3.05) is 26.4 Å². The summed E-state index contributed by atoms with van der Waals surface area (Å²) in [7, 11) is 0. The zero-order valence-electron chi connectivity index (χ0n) is 8.11. The van der Waals surface area contributed by atoms with E-state index in [1.165, 1.54) is 0 Å². The smallest absolute Gasteiger partial charge is 0.223 e. The van der Waals surface area contributed by atoms with Gasteiger partial charge in [-0.15, -0.1) is 0 Å². The Morgan fingerprint density at radius 3 is 2.71 bits per heavy atom. The molecule has 0 bridgehead atoms. The number of amides is 1. The predicted molar refractivity (Wildman–Crippen MR) is 49.6 cm³/mol. The second kappa shape index (κ2) is 5.95. The van der Waals surface area contributed by atoms with E-state index in [9.17, 15) is 4.79 Å². The van der Waals surface area contributed by atoms with E-state index in [0.29, 0.717) is 13.2 Å². The van der Waals surface area contributed by atoms with Gasteiger partial charge in [0.2, 0.25) is 5.91 Å². The largest absolute Gasteiger partial charge is 0.394 e. The number of ether oxygens (including phenoxy) is 1. The zero-order chi connectivity index (χ0) is 10.4. The van der Waals surface area contributed by atoms with Crippen LogP contribution in [0.4, 0.5) is 0 Å². The number of hydrogen-bond acceptors (Lipinski definition) is 4. The minimum atomic E-state index is -0.862. The fraction of sp³-hybridized carbons (Fsp3) is 0.889. The van der Waals surface area contributed by atoms with Crippen LogP contribution in [-0.4, -0.2) is 48.6 Å². The van der Waals surface area contributed by atoms with Crippen molar-refractivity contribution in [3.8, 4) is 0 Å². The fourth-order valence-corrected chi connectivity index (χ4v) is 1.39. The first kappa shape index (κ1) is 11.4. The molecule has 1 aliphatic rings. The van der Waals surface area contributed by atoms with Crippen LogP contribution in [0.5, 0.6) is 0 Å². The Hall–Kier alpha value is -0.650. The van der Waals surface area contributed by atoms with E-state index in [0.717, 1.165) is 12.8 Å². The van der Waals surface area contributed by atoms with Crippen molar-refractivity contribution in [2.45, 2.75) is 18.9 Å². The first-order chi connectivity index (χ1) is 6.74. The summed E-state index contributed by atoms with van der Waals surface area (Å²) in [4.78, 5) is 11.5. The number of hydrogen-bond donors (Lipinski definition) is 3. The summed E-state index contributed by atoms with van der Waals surface area (Å²) in [6, 6.07) is 0. The number of carbonyl (C=O) groups is 1. The summed E-state index contributed by atoms with van der Waals surface area (Å²) in [5.74, 6) is -0.0598. The molecule has 0 aliphatic carbocycles. The molecule has 1 amide bonds. The Labute approximate surface area is 83.1 Å². The normalized spacial score (nSPS) is 20.4. The minimum absolute atomic E-state index is 0.00496. The predicted octanol–water partition coefficient (Wildman–Crippen LogP) is -1.12. The fourth-order valence-electron chi connectivity index (χ4n) is 1.39. The minimum Gasteiger partial charge on any atom is -0.394 e. The summed E-state index contributed by atoms with van der Waals surface area (Å²) < 4.78 is 5.13. The van der Waals surface area contributed by atoms with Gasteiger partial charge in [-0.25, -0.2) is 0 Å². The van der Waals surface area contributed by atoms with Gasteiger partial charge in [0.25, 0.3) is 0 Å². The highest BCUT2D eigenvalue weighted by molar-refractivity contribution is 5.78. The molecule has 1 fully saturated rings. The van der Waals surface area contributed by atoms with E-state index in [4.69, 9.17) is 14.9 Å². The number of carbonyl (C=O) groups excluding carboxylic acids is 1. The molecule has 14 heavy (non-hydrogen) atoms. The maximum atomic E-state index is 11.5. The van der Waals surface area contributed by atoms with Crippen LogP contribution < -0.4 is 5.32 Å². The van der Waals surface area contributed by atoms with Gasteiger partial charge in [-0.3, -0.25) is 4.79 Å². The van der Waals surface area contributed by atoms with Crippen LogP contribution in [0.25, 0.3) is 0 Å². The Morgan fingerprint density at radius 1 is 1.50 bits per heavy atom. The average molecular weight is 203 g/mol. The lowest BCUT2D eigenvalue weighted by atomic mass is 9.99. The first-order valence-corrected chi connectivity index (χ1v) is 4.88. The molecule has 0 aromatic carbocycles. The molecule has 1 aliphatic heterocycles. The van der Waals surface area contributed by atoms with Crippen molar-refractivity contribution < 1.29 is 19.7 Å². The number of nitrogens with one attached hydrogen (secondary N) is 1. The Morgan fingerprint density at radius 2 is 2.14 bits per heavy atom. The lowest BCUT2D eigenvalue weighted by Crippen LogP contribution is -2.39. The molecule has 5 nitrogen and oxygen atoms in total. The van der Waals surface area contributed by atoms with Crippen molar-refractivity contribution in [1.29, 1.82) is 0 Å². The number of rotatable bonds is 4. The highest BCUT2D eigenvalue weighted by Gasteiger charge is 2.21. The molecule has 82 valence electrons. The van der Waals surface area contributed by atoms with Crippen LogP contribution in [0, 0.1) is 5.92 Å². The number of aliphatic hydroxyl groups is 2. The molecule has 0 radical (unpaired) electrons. The van der Waals surface area contributed by atoms with Crippen molar-refractivity contribution in [3.63, 3.8) is 0 Å². The van der Waals surface area contributed by atoms with Gasteiger partial charge in [0.15, 0.2) is 0 Å². The van der Waals surface area contributed by atoms with Gasteiger partial charge in [0, 0.05) is 25.7 Å². The Bertz CT molecular complexity index is 180. The standard InChI is InChI=1S/C9H17NO4/c11-6-8(12)5-10-9(13)7-1-3-14-4-2-7/h7-8,11-12H,1-6H2,(H,10,13). The third kappa shape index (κ3) is 3.61. The van der Waals surface area contributed by atoms with E-state index >= 15 is 0 Å². The Kier molecular flexibility index (Phi) is 4.86. The van der Waals surface area contributed by atoms with Crippen molar-refractivity contribution in [3.05, 3.63) is 0 Å². The Balaban J connectivity index is 2.19. The quantitative estimate of drug-likeness (QED) is 0.541. The molecule has 5 heteroatoms. The second-order valence-corrected chi connectivity index (χ2v) is 3.47. The van der Waals surface area contributed by atoms with Gasteiger partial charge in [-0.2, -0.15) is 0 Å². The first-order valence-electron chi connectivity index (χ1n) is 4.88. The molecular weight excluding hydrogens is 186 g/mol. The summed E-state index contributed by atoms with van der Waals surface area (Å²) in [6.45, 7) is 1.04. The van der Waals surface area contributed by atoms with Crippen LogP contribution in [0.2, 0.25) is 0 Å². The molecular formula is C9H17NO4. The summed E-state index contributed by atoms with van der Waals surface area (Å²) >= 11 is 0. The molecule has 1 atom stereocenters. The maximum absolute atomic E-state index is 11.5. The van der Waals surface area contributed by atoms with E-state index < -0.39 is 6.10 Å². The molecule has 0 spiro atoms. The van der Waals surface area contributed by atoms with E-state index in [1.54, 1.807) is 0 Å². The molecule has 0 aromatic heterocycles. The lowest BCUT2D eigenvalue weighted by molar-refractivity contribution is -0.128. The summed E-state index contributed by atoms with van der Waals surface area (Å²) in [5.41, 5.74) is 0. The van der Waals surface area contributed by atoms with Crippen molar-refractivity contribution in [1.82, 2.24) is 5.32 Å². The highest BCUT2D eigenvalue weighted by atomic mass is 16.5. The monoisotopic (exact) mass is 203 g/mol. The summed E-state index contributed by atoms with van der Waals surface area (Å²) in [6.07, 6.45) is 0.612. The van der Waals surface area contributed by atoms with Gasteiger partial charge >= 0.3 is 0 Å². The summed E-state index contributed by atoms with van der Waals surface area (Å²) in [5, 5.41) is 20.2. The number of aliphatic hydroxyl groups excluding tert-OH is 2. The molecule has 3 N–H and O–H groups in total. The molecule has 1 saturated heterocycles. The van der Waals surface area contributed by atoms with Gasteiger partial charge < -0.3 is 20.3 Å². The molecule has 0 aromatic rings. The topological polar surface area (TPSA) is 78.8 Å². The third-order valence-electron chi connectivity index (χ3n) is 2.31. The van der Waals surface area contributed by atoms with Crippen LogP contribution >= 0.6 is 0 Å². The van der Waals surface area contributed by atoms with E-state index in [2.05, 4.69) is 5.32 Å². The maximum Gasteiger partial charge on any atom is 0.223 e. The average Bonchev–Trinajstić information content (AvgIpc) is 2.26. The van der Waals surface area contributed by atoms with Gasteiger partial charge in [0.05, 0.1) is 12.7 Å². The van der Waals surface area contributed by atoms with Crippen LogP contribution in [0.3, 0.4) is 0 Å². The second-order valence-electron chi connectivity index (χ2n) is 3.47. The molecule has 1 heterocycles. The van der Waals surface area contributed by atoms with Gasteiger partial charge in [-0.1, -0.05) is 0 Å². The van der Waals surface area contributed by atoms with E-state index in [-0.39, 0.29) is 25.0 Å². The molecule has 1 unspecified atom stereocenters. The zero-order valence-corrected chi connectivity index (χ0v) is 8.11. The van der Waals surface area contributed by atoms with Crippen molar-refractivity contribution >= 4 is 5.91 Å². The van der Waals surface area contributed by atoms with E-state index in [1.807, 2.05) is 0 Å². The highest BCUT2D eigenvalue weighted by Crippen LogP contribution is 2.14. The molecule has 1 rings (SSSR count).